The van der Waals surface area contributed by atoms with Crippen LogP contribution in [0.1, 0.15) is 0 Å². The third-order valence-corrected chi connectivity index (χ3v) is 2.73. The van der Waals surface area contributed by atoms with Crippen molar-refractivity contribution >= 4 is 11.6 Å². The molecule has 5 nitrogen and oxygen atoms in total. The Morgan fingerprint density at radius 3 is 2.65 bits per heavy atom. The Labute approximate surface area is 101 Å². The average Bonchev–Trinajstić information content (AvgIpc) is 2.28. The number of carbonyl (C=O) groups excluding carboxylic acids is 1. The van der Waals surface area contributed by atoms with E-state index in [1.54, 1.807) is 7.11 Å². The van der Waals surface area contributed by atoms with Gasteiger partial charge in [-0.2, -0.15) is 0 Å². The van der Waals surface area contributed by atoms with Crippen LogP contribution in [0, 0.1) is 0 Å². The second-order valence-corrected chi connectivity index (χ2v) is 4.23. The minimum Gasteiger partial charge on any atom is -0.497 e. The summed E-state index contributed by atoms with van der Waals surface area (Å²) >= 11 is 0. The maximum Gasteiger partial charge on any atom is 0.238 e. The van der Waals surface area contributed by atoms with Crippen molar-refractivity contribution in [3.63, 3.8) is 0 Å². The van der Waals surface area contributed by atoms with Gasteiger partial charge in [-0.05, 0) is 24.3 Å². The fourth-order valence-corrected chi connectivity index (χ4v) is 1.82. The highest BCUT2D eigenvalue weighted by molar-refractivity contribution is 5.92. The van der Waals surface area contributed by atoms with E-state index < -0.39 is 0 Å². The van der Waals surface area contributed by atoms with E-state index in [0.29, 0.717) is 6.54 Å². The van der Waals surface area contributed by atoms with E-state index in [9.17, 15) is 4.79 Å². The maximum absolute atomic E-state index is 11.7. The summed E-state index contributed by atoms with van der Waals surface area (Å²) in [4.78, 5) is 13.7. The number of benzene rings is 1. The number of anilines is 1. The standard InChI is InChI=1S/C12H17N3O2/c1-17-11-4-2-10(3-5-11)14-12(16)8-15-6-9(13)7-15/h2-5,9H,6-8,13H2,1H3,(H,14,16). The van der Waals surface area contributed by atoms with Gasteiger partial charge in [0.15, 0.2) is 0 Å². The quantitative estimate of drug-likeness (QED) is 0.786. The lowest BCUT2D eigenvalue weighted by Gasteiger charge is -2.36. The number of rotatable bonds is 4. The molecule has 1 heterocycles. The zero-order valence-corrected chi connectivity index (χ0v) is 9.85. The second kappa shape index (κ2) is 5.16. The molecule has 1 amide bonds. The molecule has 3 N–H and O–H groups in total. The van der Waals surface area contributed by atoms with Crippen LogP contribution in [0.5, 0.6) is 5.75 Å². The number of hydrogen-bond acceptors (Lipinski definition) is 4. The Hall–Kier alpha value is -1.59. The molecule has 1 aliphatic heterocycles. The van der Waals surface area contributed by atoms with Gasteiger partial charge in [0.25, 0.3) is 0 Å². The van der Waals surface area contributed by atoms with Gasteiger partial charge in [-0.3, -0.25) is 9.69 Å². The summed E-state index contributed by atoms with van der Waals surface area (Å²) in [5, 5.41) is 2.83. The Bertz CT molecular complexity index is 385. The van der Waals surface area contributed by atoms with Crippen LogP contribution in [0.3, 0.4) is 0 Å². The fourth-order valence-electron chi connectivity index (χ4n) is 1.82. The smallest absolute Gasteiger partial charge is 0.238 e. The molecule has 0 spiro atoms. The highest BCUT2D eigenvalue weighted by Crippen LogP contribution is 2.15. The number of nitrogens with zero attached hydrogens (tertiary/aromatic N) is 1. The number of nitrogens with two attached hydrogens (primary N) is 1. The number of ether oxygens (including phenoxy) is 1. The average molecular weight is 235 g/mol. The van der Waals surface area contributed by atoms with Crippen LogP contribution < -0.4 is 15.8 Å². The molecule has 0 saturated carbocycles. The van der Waals surface area contributed by atoms with E-state index in [-0.39, 0.29) is 11.9 Å². The number of likely N-dealkylation sites (tertiary alicyclic amines) is 1. The van der Waals surface area contributed by atoms with Crippen molar-refractivity contribution in [3.8, 4) is 5.75 Å². The lowest BCUT2D eigenvalue weighted by Crippen LogP contribution is -2.57. The summed E-state index contributed by atoms with van der Waals surface area (Å²) < 4.78 is 5.04. The normalized spacial score (nSPS) is 16.4. The molecule has 5 heteroatoms. The molecule has 0 aliphatic carbocycles. The van der Waals surface area contributed by atoms with Crippen molar-refractivity contribution in [1.29, 1.82) is 0 Å². The van der Waals surface area contributed by atoms with Crippen LogP contribution in [-0.4, -0.2) is 43.6 Å². The zero-order chi connectivity index (χ0) is 12.3. The van der Waals surface area contributed by atoms with E-state index in [0.717, 1.165) is 24.5 Å². The lowest BCUT2D eigenvalue weighted by molar-refractivity contribution is -0.118. The van der Waals surface area contributed by atoms with E-state index in [1.807, 2.05) is 29.2 Å². The van der Waals surface area contributed by atoms with Gasteiger partial charge in [-0.15, -0.1) is 0 Å². The van der Waals surface area contributed by atoms with Crippen molar-refractivity contribution in [2.45, 2.75) is 6.04 Å². The van der Waals surface area contributed by atoms with Crippen molar-refractivity contribution in [3.05, 3.63) is 24.3 Å². The fraction of sp³-hybridized carbons (Fsp3) is 0.417. The minimum atomic E-state index is -0.0120. The van der Waals surface area contributed by atoms with E-state index in [1.165, 1.54) is 0 Å². The Morgan fingerprint density at radius 2 is 2.12 bits per heavy atom. The van der Waals surface area contributed by atoms with Gasteiger partial charge in [-0.25, -0.2) is 0 Å². The summed E-state index contributed by atoms with van der Waals surface area (Å²) in [5.41, 5.74) is 6.42. The first-order valence-electron chi connectivity index (χ1n) is 5.59. The van der Waals surface area contributed by atoms with Crippen molar-refractivity contribution < 1.29 is 9.53 Å². The number of amides is 1. The number of methoxy groups -OCH3 is 1. The van der Waals surface area contributed by atoms with Gasteiger partial charge >= 0.3 is 0 Å². The summed E-state index contributed by atoms with van der Waals surface area (Å²) in [6.45, 7) is 2.01. The van der Waals surface area contributed by atoms with Gasteiger partial charge in [0.1, 0.15) is 5.75 Å². The summed E-state index contributed by atoms with van der Waals surface area (Å²) in [6, 6.07) is 7.49. The number of hydrogen-bond donors (Lipinski definition) is 2. The van der Waals surface area contributed by atoms with Gasteiger partial charge in [-0.1, -0.05) is 0 Å². The molecule has 1 aromatic carbocycles. The highest BCUT2D eigenvalue weighted by atomic mass is 16.5. The Balaban J connectivity index is 1.81. The molecule has 92 valence electrons. The third kappa shape index (κ3) is 3.18. The SMILES string of the molecule is COc1ccc(NC(=O)CN2CC(N)C2)cc1. The monoisotopic (exact) mass is 235 g/mol. The molecule has 0 unspecified atom stereocenters. The van der Waals surface area contributed by atoms with Gasteiger partial charge in [0, 0.05) is 24.8 Å². The van der Waals surface area contributed by atoms with Gasteiger partial charge in [0.2, 0.25) is 5.91 Å². The minimum absolute atomic E-state index is 0.0120. The molecule has 1 aromatic rings. The highest BCUT2D eigenvalue weighted by Gasteiger charge is 2.24. The summed E-state index contributed by atoms with van der Waals surface area (Å²) in [5.74, 6) is 0.763. The van der Waals surface area contributed by atoms with E-state index in [2.05, 4.69) is 5.32 Å². The van der Waals surface area contributed by atoms with Crippen molar-refractivity contribution in [1.82, 2.24) is 4.90 Å². The Morgan fingerprint density at radius 1 is 1.47 bits per heavy atom. The van der Waals surface area contributed by atoms with Crippen LogP contribution in [0.2, 0.25) is 0 Å². The molecular weight excluding hydrogens is 218 g/mol. The van der Waals surface area contributed by atoms with Crippen LogP contribution in [0.15, 0.2) is 24.3 Å². The molecule has 2 rings (SSSR count). The summed E-state index contributed by atoms with van der Waals surface area (Å²) in [6.07, 6.45) is 0. The molecule has 1 saturated heterocycles. The number of carbonyl (C=O) groups is 1. The molecule has 1 fully saturated rings. The topological polar surface area (TPSA) is 67.6 Å². The van der Waals surface area contributed by atoms with Gasteiger partial charge in [0.05, 0.1) is 13.7 Å². The van der Waals surface area contributed by atoms with Crippen LogP contribution in [-0.2, 0) is 4.79 Å². The second-order valence-electron chi connectivity index (χ2n) is 4.23. The first-order chi connectivity index (χ1) is 8.17. The lowest BCUT2D eigenvalue weighted by atomic mass is 10.1. The van der Waals surface area contributed by atoms with E-state index in [4.69, 9.17) is 10.5 Å². The first kappa shape index (κ1) is 11.9. The predicted molar refractivity (Wildman–Crippen MR) is 66.0 cm³/mol. The molecule has 17 heavy (non-hydrogen) atoms. The molecule has 1 aliphatic rings. The van der Waals surface area contributed by atoms with Crippen LogP contribution >= 0.6 is 0 Å². The largest absolute Gasteiger partial charge is 0.497 e. The molecule has 0 atom stereocenters. The van der Waals surface area contributed by atoms with Crippen molar-refractivity contribution in [2.75, 3.05) is 32.1 Å². The maximum atomic E-state index is 11.7. The molecular formula is C12H17N3O2. The van der Waals surface area contributed by atoms with Crippen LogP contribution in [0.25, 0.3) is 0 Å². The Kier molecular flexibility index (Phi) is 3.61. The molecule has 0 aromatic heterocycles. The van der Waals surface area contributed by atoms with E-state index >= 15 is 0 Å². The molecule has 0 bridgehead atoms. The predicted octanol–water partition coefficient (Wildman–Crippen LogP) is 0.277. The summed E-state index contributed by atoms with van der Waals surface area (Å²) in [7, 11) is 1.61. The molecule has 0 radical (unpaired) electrons. The van der Waals surface area contributed by atoms with Crippen molar-refractivity contribution in [2.24, 2.45) is 5.73 Å². The van der Waals surface area contributed by atoms with Crippen LogP contribution in [0.4, 0.5) is 5.69 Å². The first-order valence-corrected chi connectivity index (χ1v) is 5.59. The zero-order valence-electron chi connectivity index (χ0n) is 9.85. The number of nitrogens with one attached hydrogen (secondary N) is 1. The third-order valence-electron chi connectivity index (χ3n) is 2.73. The van der Waals surface area contributed by atoms with Gasteiger partial charge < -0.3 is 15.8 Å².